The molecule has 0 bridgehead atoms. The molecule has 2 aromatic rings. The molecular formula is C18H22N4O2. The van der Waals surface area contributed by atoms with Crippen LogP contribution in [0.25, 0.3) is 5.69 Å². The van der Waals surface area contributed by atoms with E-state index in [1.54, 1.807) is 10.9 Å². The Bertz CT molecular complexity index is 749. The highest BCUT2D eigenvalue weighted by Gasteiger charge is 2.24. The van der Waals surface area contributed by atoms with Gasteiger partial charge < -0.3 is 10.6 Å². The standard InChI is InChI=1S/C18H22N4O2/c1-12-6-8-14(9-7-12)22-13(2)15(11-20-22)17(23)21-16-5-3-4-10-19-18(16)24/h6-9,11,16H,3-5,10H2,1-2H3,(H,19,24)(H,21,23)/t16-/m0/s1. The summed E-state index contributed by atoms with van der Waals surface area (Å²) in [5.74, 6) is -0.364. The first-order chi connectivity index (χ1) is 11.6. The maximum absolute atomic E-state index is 12.5. The number of rotatable bonds is 3. The third-order valence-corrected chi connectivity index (χ3v) is 4.37. The Balaban J connectivity index is 1.78. The molecule has 6 heteroatoms. The summed E-state index contributed by atoms with van der Waals surface area (Å²) < 4.78 is 1.74. The number of carbonyl (C=O) groups excluding carboxylic acids is 2. The zero-order chi connectivity index (χ0) is 17.1. The van der Waals surface area contributed by atoms with Gasteiger partial charge in [-0.3, -0.25) is 9.59 Å². The van der Waals surface area contributed by atoms with Crippen molar-refractivity contribution in [2.45, 2.75) is 39.2 Å². The summed E-state index contributed by atoms with van der Waals surface area (Å²) in [6, 6.07) is 7.48. The molecule has 1 fully saturated rings. The van der Waals surface area contributed by atoms with Crippen LogP contribution < -0.4 is 10.6 Å². The lowest BCUT2D eigenvalue weighted by atomic mass is 10.1. The summed E-state index contributed by atoms with van der Waals surface area (Å²) in [5.41, 5.74) is 3.32. The Morgan fingerprint density at radius 1 is 1.25 bits per heavy atom. The van der Waals surface area contributed by atoms with Crippen LogP contribution in [0.4, 0.5) is 0 Å². The first-order valence-electron chi connectivity index (χ1n) is 8.26. The van der Waals surface area contributed by atoms with Crippen molar-refractivity contribution >= 4 is 11.8 Å². The van der Waals surface area contributed by atoms with Crippen molar-refractivity contribution in [3.8, 4) is 5.69 Å². The molecule has 1 aromatic heterocycles. The van der Waals surface area contributed by atoms with Crippen LogP contribution in [0.15, 0.2) is 30.5 Å². The second-order valence-electron chi connectivity index (χ2n) is 6.20. The molecule has 0 radical (unpaired) electrons. The van der Waals surface area contributed by atoms with E-state index < -0.39 is 6.04 Å². The van der Waals surface area contributed by atoms with Crippen LogP contribution >= 0.6 is 0 Å². The molecule has 3 rings (SSSR count). The fourth-order valence-electron chi connectivity index (χ4n) is 2.89. The van der Waals surface area contributed by atoms with Crippen LogP contribution in [0.5, 0.6) is 0 Å². The minimum absolute atomic E-state index is 0.107. The highest BCUT2D eigenvalue weighted by molar-refractivity contribution is 5.98. The van der Waals surface area contributed by atoms with Gasteiger partial charge in [-0.2, -0.15) is 5.10 Å². The molecule has 126 valence electrons. The molecule has 0 saturated carbocycles. The molecule has 1 saturated heterocycles. The second kappa shape index (κ2) is 6.86. The number of hydrogen-bond acceptors (Lipinski definition) is 3. The Morgan fingerprint density at radius 3 is 2.75 bits per heavy atom. The summed E-state index contributed by atoms with van der Waals surface area (Å²) in [5, 5.41) is 9.99. The predicted molar refractivity (Wildman–Crippen MR) is 91.2 cm³/mol. The lowest BCUT2D eigenvalue weighted by Crippen LogP contribution is -2.45. The SMILES string of the molecule is Cc1ccc(-n2ncc(C(=O)N[C@H]3CCCCNC3=O)c2C)cc1. The van der Waals surface area contributed by atoms with Crippen molar-refractivity contribution in [3.05, 3.63) is 47.3 Å². The zero-order valence-corrected chi connectivity index (χ0v) is 14.0. The lowest BCUT2D eigenvalue weighted by molar-refractivity contribution is -0.122. The maximum atomic E-state index is 12.5. The molecule has 1 aliphatic rings. The van der Waals surface area contributed by atoms with Gasteiger partial charge in [-0.25, -0.2) is 4.68 Å². The number of carbonyl (C=O) groups is 2. The Morgan fingerprint density at radius 2 is 2.00 bits per heavy atom. The number of benzene rings is 1. The topological polar surface area (TPSA) is 76.0 Å². The van der Waals surface area contributed by atoms with E-state index >= 15 is 0 Å². The van der Waals surface area contributed by atoms with Crippen LogP contribution in [-0.4, -0.2) is 34.2 Å². The van der Waals surface area contributed by atoms with Crippen LogP contribution in [0.1, 0.15) is 40.9 Å². The monoisotopic (exact) mass is 326 g/mol. The molecule has 0 unspecified atom stereocenters. The zero-order valence-electron chi connectivity index (χ0n) is 14.0. The molecule has 1 aromatic carbocycles. The Labute approximate surface area is 141 Å². The predicted octanol–water partition coefficient (Wildman–Crippen LogP) is 1.89. The summed E-state index contributed by atoms with van der Waals surface area (Å²) in [7, 11) is 0. The van der Waals surface area contributed by atoms with Crippen LogP contribution in [0.3, 0.4) is 0 Å². The van der Waals surface area contributed by atoms with E-state index in [4.69, 9.17) is 0 Å². The highest BCUT2D eigenvalue weighted by Crippen LogP contribution is 2.15. The van der Waals surface area contributed by atoms with Gasteiger partial charge in [0.05, 0.1) is 23.1 Å². The van der Waals surface area contributed by atoms with Gasteiger partial charge in [0.1, 0.15) is 6.04 Å². The number of nitrogens with one attached hydrogen (secondary N) is 2. The number of hydrogen-bond donors (Lipinski definition) is 2. The quantitative estimate of drug-likeness (QED) is 0.904. The fourth-order valence-corrected chi connectivity index (χ4v) is 2.89. The molecule has 24 heavy (non-hydrogen) atoms. The van der Waals surface area contributed by atoms with Crippen LogP contribution in [0, 0.1) is 13.8 Å². The summed E-state index contributed by atoms with van der Waals surface area (Å²) in [4.78, 5) is 24.5. The van der Waals surface area contributed by atoms with Crippen molar-refractivity contribution in [2.75, 3.05) is 6.54 Å². The third-order valence-electron chi connectivity index (χ3n) is 4.37. The normalized spacial score (nSPS) is 17.9. The van der Waals surface area contributed by atoms with E-state index in [9.17, 15) is 9.59 Å². The number of aryl methyl sites for hydroxylation is 1. The van der Waals surface area contributed by atoms with E-state index in [0.29, 0.717) is 18.5 Å². The number of nitrogens with zero attached hydrogens (tertiary/aromatic N) is 2. The number of aromatic nitrogens is 2. The highest BCUT2D eigenvalue weighted by atomic mass is 16.2. The van der Waals surface area contributed by atoms with E-state index in [0.717, 1.165) is 24.2 Å². The van der Waals surface area contributed by atoms with Gasteiger partial charge in [0.25, 0.3) is 5.91 Å². The Hall–Kier alpha value is -2.63. The molecule has 2 N–H and O–H groups in total. The van der Waals surface area contributed by atoms with Gasteiger partial charge in [-0.05, 0) is 45.2 Å². The summed E-state index contributed by atoms with van der Waals surface area (Å²) in [6.07, 6.45) is 4.09. The molecule has 6 nitrogen and oxygen atoms in total. The third kappa shape index (κ3) is 3.32. The van der Waals surface area contributed by atoms with Crippen molar-refractivity contribution in [1.29, 1.82) is 0 Å². The average Bonchev–Trinajstić information content (AvgIpc) is 2.84. The smallest absolute Gasteiger partial charge is 0.255 e. The van der Waals surface area contributed by atoms with Crippen molar-refractivity contribution in [3.63, 3.8) is 0 Å². The summed E-state index contributed by atoms with van der Waals surface area (Å²) in [6.45, 7) is 4.56. The van der Waals surface area contributed by atoms with E-state index in [-0.39, 0.29) is 11.8 Å². The van der Waals surface area contributed by atoms with Gasteiger partial charge in [0.15, 0.2) is 0 Å². The first kappa shape index (κ1) is 16.2. The molecule has 0 aliphatic carbocycles. The van der Waals surface area contributed by atoms with E-state index in [1.807, 2.05) is 38.1 Å². The molecule has 2 heterocycles. The largest absolute Gasteiger partial charge is 0.354 e. The van der Waals surface area contributed by atoms with Gasteiger partial charge in [-0.15, -0.1) is 0 Å². The van der Waals surface area contributed by atoms with E-state index in [1.165, 1.54) is 5.56 Å². The van der Waals surface area contributed by atoms with Gasteiger partial charge in [0.2, 0.25) is 5.91 Å². The Kier molecular flexibility index (Phi) is 4.64. The van der Waals surface area contributed by atoms with Gasteiger partial charge >= 0.3 is 0 Å². The van der Waals surface area contributed by atoms with E-state index in [2.05, 4.69) is 15.7 Å². The molecule has 1 atom stereocenters. The summed E-state index contributed by atoms with van der Waals surface area (Å²) >= 11 is 0. The minimum Gasteiger partial charge on any atom is -0.354 e. The average molecular weight is 326 g/mol. The van der Waals surface area contributed by atoms with Gasteiger partial charge in [0, 0.05) is 6.54 Å². The van der Waals surface area contributed by atoms with Crippen LogP contribution in [-0.2, 0) is 4.79 Å². The molecule has 0 spiro atoms. The molecular weight excluding hydrogens is 304 g/mol. The first-order valence-corrected chi connectivity index (χ1v) is 8.26. The van der Waals surface area contributed by atoms with Crippen molar-refractivity contribution in [1.82, 2.24) is 20.4 Å². The van der Waals surface area contributed by atoms with Crippen molar-refractivity contribution in [2.24, 2.45) is 0 Å². The number of amides is 2. The van der Waals surface area contributed by atoms with Gasteiger partial charge in [-0.1, -0.05) is 17.7 Å². The molecule has 2 amide bonds. The lowest BCUT2D eigenvalue weighted by Gasteiger charge is -2.15. The minimum atomic E-state index is -0.470. The molecule has 1 aliphatic heterocycles. The van der Waals surface area contributed by atoms with Crippen LogP contribution in [0.2, 0.25) is 0 Å². The second-order valence-corrected chi connectivity index (χ2v) is 6.20. The van der Waals surface area contributed by atoms with Crippen molar-refractivity contribution < 1.29 is 9.59 Å². The maximum Gasteiger partial charge on any atom is 0.255 e. The fraction of sp³-hybridized carbons (Fsp3) is 0.389.